The van der Waals surface area contributed by atoms with Crippen molar-refractivity contribution in [2.75, 3.05) is 0 Å². The largest absolute Gasteiger partial charge is 0.490 e. The lowest BCUT2D eigenvalue weighted by molar-refractivity contribution is 0.303. The second-order valence-corrected chi connectivity index (χ2v) is 4.99. The van der Waals surface area contributed by atoms with Gasteiger partial charge < -0.3 is 10.5 Å². The van der Waals surface area contributed by atoms with Crippen molar-refractivity contribution in [3.8, 4) is 5.75 Å². The Morgan fingerprint density at radius 1 is 1.18 bits per heavy atom. The molecule has 1 atom stereocenters. The van der Waals surface area contributed by atoms with E-state index in [9.17, 15) is 0 Å². The summed E-state index contributed by atoms with van der Waals surface area (Å²) in [6.45, 7) is 4.41. The van der Waals surface area contributed by atoms with Crippen LogP contribution in [0.4, 0.5) is 0 Å². The molecule has 0 heterocycles. The minimum absolute atomic E-state index is 0.153. The van der Waals surface area contributed by atoms with Crippen molar-refractivity contribution in [1.29, 1.82) is 0 Å². The van der Waals surface area contributed by atoms with Gasteiger partial charge in [0.05, 0.1) is 6.10 Å². The van der Waals surface area contributed by atoms with E-state index in [1.165, 1.54) is 18.4 Å². The molecule has 2 nitrogen and oxygen atoms in total. The average molecular weight is 233 g/mol. The molecule has 0 bridgehead atoms. The molecule has 2 N–H and O–H groups in total. The standard InChI is InChI=1S/C15H23NO/c1-3-11(4-2)15(16)12-5-7-13(8-6-12)17-14-9-10-14/h5-8,11,14-15H,3-4,9-10,16H2,1-2H3. The van der Waals surface area contributed by atoms with Crippen molar-refractivity contribution >= 4 is 0 Å². The fraction of sp³-hybridized carbons (Fsp3) is 0.600. The molecule has 17 heavy (non-hydrogen) atoms. The topological polar surface area (TPSA) is 35.2 Å². The summed E-state index contributed by atoms with van der Waals surface area (Å²) in [5.41, 5.74) is 7.51. The molecule has 94 valence electrons. The van der Waals surface area contributed by atoms with E-state index in [0.29, 0.717) is 12.0 Å². The molecule has 1 aliphatic carbocycles. The molecular weight excluding hydrogens is 210 g/mol. The van der Waals surface area contributed by atoms with Crippen LogP contribution in [-0.2, 0) is 0 Å². The number of ether oxygens (including phenoxy) is 1. The molecule has 1 unspecified atom stereocenters. The molecule has 0 aromatic heterocycles. The van der Waals surface area contributed by atoms with Gasteiger partial charge in [-0.1, -0.05) is 38.8 Å². The summed E-state index contributed by atoms with van der Waals surface area (Å²) < 4.78 is 5.73. The summed E-state index contributed by atoms with van der Waals surface area (Å²) in [4.78, 5) is 0. The Morgan fingerprint density at radius 3 is 2.24 bits per heavy atom. The van der Waals surface area contributed by atoms with Gasteiger partial charge in [0.25, 0.3) is 0 Å². The minimum Gasteiger partial charge on any atom is -0.490 e. The number of rotatable bonds is 6. The van der Waals surface area contributed by atoms with Crippen LogP contribution in [0, 0.1) is 5.92 Å². The van der Waals surface area contributed by atoms with Gasteiger partial charge in [0.2, 0.25) is 0 Å². The summed E-state index contributed by atoms with van der Waals surface area (Å²) in [5.74, 6) is 1.55. The number of benzene rings is 1. The third kappa shape index (κ3) is 3.22. The average Bonchev–Trinajstić information content (AvgIpc) is 3.15. The third-order valence-electron chi connectivity index (χ3n) is 3.65. The van der Waals surface area contributed by atoms with Crippen LogP contribution < -0.4 is 10.5 Å². The summed E-state index contributed by atoms with van der Waals surface area (Å²) in [7, 11) is 0. The lowest BCUT2D eigenvalue weighted by Gasteiger charge is -2.21. The van der Waals surface area contributed by atoms with Crippen molar-refractivity contribution in [3.05, 3.63) is 29.8 Å². The maximum Gasteiger partial charge on any atom is 0.119 e. The number of nitrogens with two attached hydrogens (primary N) is 1. The van der Waals surface area contributed by atoms with Gasteiger partial charge in [0.1, 0.15) is 5.75 Å². The highest BCUT2D eigenvalue weighted by atomic mass is 16.5. The zero-order valence-electron chi connectivity index (χ0n) is 10.9. The van der Waals surface area contributed by atoms with E-state index in [1.807, 2.05) is 0 Å². The predicted molar refractivity (Wildman–Crippen MR) is 71.1 cm³/mol. The lowest BCUT2D eigenvalue weighted by atomic mass is 9.90. The summed E-state index contributed by atoms with van der Waals surface area (Å²) in [5, 5.41) is 0. The summed E-state index contributed by atoms with van der Waals surface area (Å²) in [6, 6.07) is 8.48. The fourth-order valence-electron chi connectivity index (χ4n) is 2.22. The molecule has 0 radical (unpaired) electrons. The molecule has 1 aliphatic rings. The highest BCUT2D eigenvalue weighted by Gasteiger charge is 2.23. The van der Waals surface area contributed by atoms with Gasteiger partial charge in [-0.05, 0) is 36.5 Å². The Hall–Kier alpha value is -1.02. The summed E-state index contributed by atoms with van der Waals surface area (Å²) >= 11 is 0. The molecule has 0 aliphatic heterocycles. The molecule has 0 spiro atoms. The van der Waals surface area contributed by atoms with E-state index in [0.717, 1.165) is 18.6 Å². The molecule has 1 aromatic carbocycles. The Balaban J connectivity index is 2.00. The Bertz CT molecular complexity index is 338. The zero-order valence-corrected chi connectivity index (χ0v) is 10.9. The quantitative estimate of drug-likeness (QED) is 0.813. The first-order valence-electron chi connectivity index (χ1n) is 6.76. The van der Waals surface area contributed by atoms with Crippen molar-refractivity contribution < 1.29 is 4.74 Å². The molecular formula is C15H23NO. The maximum absolute atomic E-state index is 6.28. The highest BCUT2D eigenvalue weighted by molar-refractivity contribution is 5.29. The first-order chi connectivity index (χ1) is 8.24. The third-order valence-corrected chi connectivity index (χ3v) is 3.65. The van der Waals surface area contributed by atoms with E-state index in [2.05, 4.69) is 38.1 Å². The van der Waals surface area contributed by atoms with Crippen molar-refractivity contribution in [2.45, 2.75) is 51.7 Å². The van der Waals surface area contributed by atoms with E-state index in [4.69, 9.17) is 10.5 Å². The predicted octanol–water partition coefficient (Wildman–Crippen LogP) is 3.66. The van der Waals surface area contributed by atoms with E-state index >= 15 is 0 Å². The molecule has 1 saturated carbocycles. The number of hydrogen-bond donors (Lipinski definition) is 1. The lowest BCUT2D eigenvalue weighted by Crippen LogP contribution is -2.20. The SMILES string of the molecule is CCC(CC)C(N)c1ccc(OC2CC2)cc1. The first kappa shape index (κ1) is 12.4. The van der Waals surface area contributed by atoms with Crippen molar-refractivity contribution in [1.82, 2.24) is 0 Å². The van der Waals surface area contributed by atoms with Crippen LogP contribution in [0.15, 0.2) is 24.3 Å². The van der Waals surface area contributed by atoms with Crippen LogP contribution in [0.25, 0.3) is 0 Å². The highest BCUT2D eigenvalue weighted by Crippen LogP contribution is 2.29. The Kier molecular flexibility index (Phi) is 4.06. The van der Waals surface area contributed by atoms with Crippen LogP contribution in [0.2, 0.25) is 0 Å². The molecule has 1 fully saturated rings. The first-order valence-corrected chi connectivity index (χ1v) is 6.76. The normalized spacial score (nSPS) is 17.2. The van der Waals surface area contributed by atoms with E-state index in [1.54, 1.807) is 0 Å². The minimum atomic E-state index is 0.153. The fourth-order valence-corrected chi connectivity index (χ4v) is 2.22. The van der Waals surface area contributed by atoms with Crippen LogP contribution >= 0.6 is 0 Å². The second kappa shape index (κ2) is 5.54. The van der Waals surface area contributed by atoms with Gasteiger partial charge in [-0.15, -0.1) is 0 Å². The Labute approximate surface area is 104 Å². The second-order valence-electron chi connectivity index (χ2n) is 4.99. The van der Waals surface area contributed by atoms with Crippen LogP contribution in [0.3, 0.4) is 0 Å². The molecule has 1 aromatic rings. The maximum atomic E-state index is 6.28. The van der Waals surface area contributed by atoms with E-state index < -0.39 is 0 Å². The zero-order chi connectivity index (χ0) is 12.3. The van der Waals surface area contributed by atoms with Gasteiger partial charge in [-0.25, -0.2) is 0 Å². The van der Waals surface area contributed by atoms with Crippen molar-refractivity contribution in [2.24, 2.45) is 11.7 Å². The Morgan fingerprint density at radius 2 is 1.76 bits per heavy atom. The monoisotopic (exact) mass is 233 g/mol. The van der Waals surface area contributed by atoms with Gasteiger partial charge in [-0.2, -0.15) is 0 Å². The van der Waals surface area contributed by atoms with Gasteiger partial charge >= 0.3 is 0 Å². The van der Waals surface area contributed by atoms with Crippen LogP contribution in [0.5, 0.6) is 5.75 Å². The van der Waals surface area contributed by atoms with E-state index in [-0.39, 0.29) is 6.04 Å². The smallest absolute Gasteiger partial charge is 0.119 e. The van der Waals surface area contributed by atoms with Crippen molar-refractivity contribution in [3.63, 3.8) is 0 Å². The molecule has 0 saturated heterocycles. The summed E-state index contributed by atoms with van der Waals surface area (Å²) in [6.07, 6.45) is 5.15. The number of hydrogen-bond acceptors (Lipinski definition) is 2. The van der Waals surface area contributed by atoms with Gasteiger partial charge in [0.15, 0.2) is 0 Å². The van der Waals surface area contributed by atoms with Crippen LogP contribution in [0.1, 0.15) is 51.1 Å². The van der Waals surface area contributed by atoms with Gasteiger partial charge in [-0.3, -0.25) is 0 Å². The van der Waals surface area contributed by atoms with Gasteiger partial charge in [0, 0.05) is 6.04 Å². The molecule has 0 amide bonds. The van der Waals surface area contributed by atoms with Crippen LogP contribution in [-0.4, -0.2) is 6.10 Å². The molecule has 2 heteroatoms. The molecule has 2 rings (SSSR count).